The molecule has 0 aliphatic heterocycles. The highest BCUT2D eigenvalue weighted by atomic mass is 35.5. The summed E-state index contributed by atoms with van der Waals surface area (Å²) in [5, 5.41) is 14.9. The molecule has 126 valence electrons. The van der Waals surface area contributed by atoms with Gasteiger partial charge in [-0.3, -0.25) is 15.5 Å². The van der Waals surface area contributed by atoms with Gasteiger partial charge in [0.2, 0.25) is 0 Å². The molecule has 1 aromatic rings. The molecular weight excluding hydrogens is 318 g/mol. The summed E-state index contributed by atoms with van der Waals surface area (Å²) >= 11 is 0. The van der Waals surface area contributed by atoms with Gasteiger partial charge in [-0.15, -0.1) is 12.4 Å². The maximum Gasteiger partial charge on any atom is 0.319 e. The Labute approximate surface area is 141 Å². The van der Waals surface area contributed by atoms with Crippen molar-refractivity contribution in [3.8, 4) is 0 Å². The number of benzene rings is 1. The summed E-state index contributed by atoms with van der Waals surface area (Å²) in [7, 11) is 0. The van der Waals surface area contributed by atoms with E-state index < -0.39 is 11.9 Å². The van der Waals surface area contributed by atoms with Gasteiger partial charge in [0.05, 0.1) is 0 Å². The molecule has 3 amide bonds. The van der Waals surface area contributed by atoms with E-state index in [-0.39, 0.29) is 24.5 Å². The zero-order valence-corrected chi connectivity index (χ0v) is 13.5. The molecule has 7 nitrogen and oxygen atoms in total. The molecule has 2 rings (SSSR count). The van der Waals surface area contributed by atoms with Crippen LogP contribution in [0.2, 0.25) is 0 Å². The van der Waals surface area contributed by atoms with Crippen LogP contribution in [0.1, 0.15) is 42.5 Å². The van der Waals surface area contributed by atoms with Crippen molar-refractivity contribution in [3.63, 3.8) is 0 Å². The van der Waals surface area contributed by atoms with E-state index in [0.717, 1.165) is 25.7 Å². The second-order valence-electron chi connectivity index (χ2n) is 5.38. The lowest BCUT2D eigenvalue weighted by Crippen LogP contribution is -2.39. The van der Waals surface area contributed by atoms with Crippen LogP contribution < -0.4 is 21.7 Å². The predicted octanol–water partition coefficient (Wildman–Crippen LogP) is 2.19. The number of nitrogens with two attached hydrogens (primary N) is 1. The van der Waals surface area contributed by atoms with E-state index in [1.54, 1.807) is 24.3 Å². The second kappa shape index (κ2) is 8.99. The van der Waals surface area contributed by atoms with E-state index in [0.29, 0.717) is 11.3 Å². The first kappa shape index (κ1) is 18.8. The number of hydrogen-bond acceptors (Lipinski definition) is 3. The SMILES string of the molecule is Cl.N=C(N)NC(=O)c1cccc(NC(=O)NC2CCCCC2)c1. The number of carbonyl (C=O) groups excluding carboxylic acids is 2. The van der Waals surface area contributed by atoms with Gasteiger partial charge in [-0.1, -0.05) is 25.3 Å². The van der Waals surface area contributed by atoms with Crippen molar-refractivity contribution in [2.45, 2.75) is 38.1 Å². The predicted molar refractivity (Wildman–Crippen MR) is 92.1 cm³/mol. The normalized spacial score (nSPS) is 14.3. The Kier molecular flexibility index (Phi) is 7.34. The molecule has 0 unspecified atom stereocenters. The van der Waals surface area contributed by atoms with Crippen molar-refractivity contribution in [3.05, 3.63) is 29.8 Å². The van der Waals surface area contributed by atoms with Crippen LogP contribution in [0.25, 0.3) is 0 Å². The Morgan fingerprint density at radius 1 is 1.17 bits per heavy atom. The van der Waals surface area contributed by atoms with Crippen molar-refractivity contribution in [2.24, 2.45) is 5.73 Å². The van der Waals surface area contributed by atoms with Crippen LogP contribution in [0, 0.1) is 5.41 Å². The van der Waals surface area contributed by atoms with Crippen LogP contribution in [0.15, 0.2) is 24.3 Å². The van der Waals surface area contributed by atoms with Gasteiger partial charge in [0.1, 0.15) is 0 Å². The van der Waals surface area contributed by atoms with E-state index >= 15 is 0 Å². The van der Waals surface area contributed by atoms with E-state index in [4.69, 9.17) is 11.1 Å². The van der Waals surface area contributed by atoms with E-state index in [1.807, 2.05) is 0 Å². The van der Waals surface area contributed by atoms with Gasteiger partial charge in [0, 0.05) is 17.3 Å². The first-order valence-electron chi connectivity index (χ1n) is 7.37. The third-order valence-electron chi connectivity index (χ3n) is 3.57. The fraction of sp³-hybridized carbons (Fsp3) is 0.400. The molecule has 0 bridgehead atoms. The van der Waals surface area contributed by atoms with Crippen LogP contribution in [-0.4, -0.2) is 23.9 Å². The Morgan fingerprint density at radius 2 is 1.87 bits per heavy atom. The average molecular weight is 340 g/mol. The smallest absolute Gasteiger partial charge is 0.319 e. The van der Waals surface area contributed by atoms with E-state index in [1.165, 1.54) is 6.42 Å². The molecular formula is C15H22ClN5O2. The highest BCUT2D eigenvalue weighted by Gasteiger charge is 2.16. The Morgan fingerprint density at radius 3 is 2.52 bits per heavy atom. The summed E-state index contributed by atoms with van der Waals surface area (Å²) in [5.74, 6) is -0.901. The fourth-order valence-corrected chi connectivity index (χ4v) is 2.53. The monoisotopic (exact) mass is 339 g/mol. The molecule has 1 aliphatic carbocycles. The molecule has 1 fully saturated rings. The number of nitrogens with one attached hydrogen (secondary N) is 4. The number of guanidine groups is 1. The van der Waals surface area contributed by atoms with Gasteiger partial charge in [-0.25, -0.2) is 4.79 Å². The lowest BCUT2D eigenvalue weighted by atomic mass is 9.96. The molecule has 0 atom stereocenters. The van der Waals surface area contributed by atoms with Crippen LogP contribution in [-0.2, 0) is 0 Å². The largest absolute Gasteiger partial charge is 0.370 e. The number of halogens is 1. The molecule has 8 heteroatoms. The minimum atomic E-state index is -0.483. The van der Waals surface area contributed by atoms with Gasteiger partial charge >= 0.3 is 6.03 Å². The number of amides is 3. The minimum Gasteiger partial charge on any atom is -0.370 e. The summed E-state index contributed by atoms with van der Waals surface area (Å²) in [6, 6.07) is 6.44. The van der Waals surface area contributed by atoms with Gasteiger partial charge < -0.3 is 16.4 Å². The van der Waals surface area contributed by atoms with E-state index in [9.17, 15) is 9.59 Å². The number of carbonyl (C=O) groups is 2. The Bertz CT molecular complexity index is 573. The maximum absolute atomic E-state index is 12.0. The molecule has 0 saturated heterocycles. The highest BCUT2D eigenvalue weighted by Crippen LogP contribution is 2.17. The first-order chi connectivity index (χ1) is 10.5. The number of anilines is 1. The minimum absolute atomic E-state index is 0. The third kappa shape index (κ3) is 6.15. The summed E-state index contributed by atoms with van der Waals surface area (Å²) in [4.78, 5) is 23.7. The van der Waals surface area contributed by atoms with Crippen LogP contribution in [0.5, 0.6) is 0 Å². The van der Waals surface area contributed by atoms with E-state index in [2.05, 4.69) is 16.0 Å². The van der Waals surface area contributed by atoms with Crippen LogP contribution in [0.3, 0.4) is 0 Å². The van der Waals surface area contributed by atoms with Crippen molar-refractivity contribution in [1.29, 1.82) is 5.41 Å². The topological polar surface area (TPSA) is 120 Å². The fourth-order valence-electron chi connectivity index (χ4n) is 2.53. The summed E-state index contributed by atoms with van der Waals surface area (Å²) in [5.41, 5.74) is 5.97. The zero-order valence-electron chi connectivity index (χ0n) is 12.7. The molecule has 0 aromatic heterocycles. The maximum atomic E-state index is 12.0. The molecule has 23 heavy (non-hydrogen) atoms. The summed E-state index contributed by atoms with van der Waals surface area (Å²) in [6.07, 6.45) is 5.54. The summed E-state index contributed by atoms with van der Waals surface area (Å²) < 4.78 is 0. The lowest BCUT2D eigenvalue weighted by molar-refractivity contribution is 0.0976. The molecule has 0 spiro atoms. The number of urea groups is 1. The quantitative estimate of drug-likeness (QED) is 0.428. The molecule has 1 saturated carbocycles. The standard InChI is InChI=1S/C15H21N5O2.ClH/c16-14(17)20-13(21)10-5-4-8-12(9-10)19-15(22)18-11-6-2-1-3-7-11;/h4-5,8-9,11H,1-3,6-7H2,(H2,18,19,22)(H4,16,17,20,21);1H. The lowest BCUT2D eigenvalue weighted by Gasteiger charge is -2.22. The Hall–Kier alpha value is -2.28. The van der Waals surface area contributed by atoms with Gasteiger partial charge in [-0.2, -0.15) is 0 Å². The zero-order chi connectivity index (χ0) is 15.9. The second-order valence-corrected chi connectivity index (χ2v) is 5.38. The van der Waals surface area contributed by atoms with Crippen molar-refractivity contribution in [1.82, 2.24) is 10.6 Å². The molecule has 1 aliphatic rings. The molecule has 0 radical (unpaired) electrons. The first-order valence-corrected chi connectivity index (χ1v) is 7.37. The average Bonchev–Trinajstić information content (AvgIpc) is 2.47. The molecule has 1 aromatic carbocycles. The third-order valence-corrected chi connectivity index (χ3v) is 3.57. The van der Waals surface area contributed by atoms with Crippen molar-refractivity contribution in [2.75, 3.05) is 5.32 Å². The van der Waals surface area contributed by atoms with Gasteiger partial charge in [-0.05, 0) is 31.0 Å². The number of hydrogen-bond donors (Lipinski definition) is 5. The van der Waals surface area contributed by atoms with Gasteiger partial charge in [0.15, 0.2) is 5.96 Å². The van der Waals surface area contributed by atoms with Crippen molar-refractivity contribution < 1.29 is 9.59 Å². The summed E-state index contributed by atoms with van der Waals surface area (Å²) in [6.45, 7) is 0. The number of rotatable bonds is 3. The highest BCUT2D eigenvalue weighted by molar-refractivity contribution is 6.05. The molecule has 6 N–H and O–H groups in total. The van der Waals surface area contributed by atoms with Crippen LogP contribution >= 0.6 is 12.4 Å². The Balaban J connectivity index is 0.00000264. The van der Waals surface area contributed by atoms with Crippen LogP contribution in [0.4, 0.5) is 10.5 Å². The van der Waals surface area contributed by atoms with Gasteiger partial charge in [0.25, 0.3) is 5.91 Å². The van der Waals surface area contributed by atoms with Crippen molar-refractivity contribution >= 4 is 36.0 Å². The molecule has 0 heterocycles.